The highest BCUT2D eigenvalue weighted by molar-refractivity contribution is 7.07. The molecule has 3 amide bonds. The van der Waals surface area contributed by atoms with Crippen molar-refractivity contribution in [2.45, 2.75) is 31.8 Å². The molecule has 0 radical (unpaired) electrons. The Morgan fingerprint density at radius 2 is 2.15 bits per heavy atom. The lowest BCUT2D eigenvalue weighted by atomic mass is 9.95. The topological polar surface area (TPSA) is 89.9 Å². The van der Waals surface area contributed by atoms with Gasteiger partial charge >= 0.3 is 6.09 Å². The van der Waals surface area contributed by atoms with Gasteiger partial charge in [-0.2, -0.15) is 11.3 Å². The van der Waals surface area contributed by atoms with Gasteiger partial charge < -0.3 is 20.2 Å². The first-order valence-corrected chi connectivity index (χ1v) is 9.73. The molecule has 1 fully saturated rings. The van der Waals surface area contributed by atoms with Crippen molar-refractivity contribution in [1.29, 1.82) is 0 Å². The molecule has 2 aromatic rings. The second-order valence-corrected chi connectivity index (χ2v) is 7.48. The van der Waals surface area contributed by atoms with Crippen LogP contribution in [0.3, 0.4) is 0 Å². The van der Waals surface area contributed by atoms with Crippen LogP contribution in [-0.2, 0) is 22.6 Å². The number of carbonyl (C=O) groups excluding carboxylic acids is 2. The Hall–Kier alpha value is -2.87. The number of hydrogen-bond acceptors (Lipinski definition) is 4. The van der Waals surface area contributed by atoms with Crippen LogP contribution in [0.1, 0.15) is 24.0 Å². The first-order chi connectivity index (χ1) is 13.0. The van der Waals surface area contributed by atoms with Gasteiger partial charge in [0.1, 0.15) is 6.04 Å². The lowest BCUT2D eigenvalue weighted by Gasteiger charge is -2.37. The fourth-order valence-corrected chi connectivity index (χ4v) is 4.42. The Bertz CT molecular complexity index is 896. The van der Waals surface area contributed by atoms with E-state index in [4.69, 9.17) is 5.11 Å². The minimum absolute atomic E-state index is 0.0529. The van der Waals surface area contributed by atoms with Crippen molar-refractivity contribution in [2.24, 2.45) is 0 Å². The van der Waals surface area contributed by atoms with Crippen LogP contribution >= 0.6 is 11.3 Å². The quantitative estimate of drug-likeness (QED) is 0.847. The van der Waals surface area contributed by atoms with E-state index in [9.17, 15) is 14.4 Å². The molecular formula is C19H19N3O4S. The number of amides is 3. The molecule has 1 saturated heterocycles. The van der Waals surface area contributed by atoms with E-state index in [2.05, 4.69) is 5.32 Å². The van der Waals surface area contributed by atoms with Gasteiger partial charge in [0.15, 0.2) is 0 Å². The number of carboxylic acid groups (broad SMARTS) is 1. The minimum atomic E-state index is -1.22. The van der Waals surface area contributed by atoms with Crippen LogP contribution in [0.5, 0.6) is 0 Å². The third kappa shape index (κ3) is 3.28. The van der Waals surface area contributed by atoms with Gasteiger partial charge in [0, 0.05) is 19.4 Å². The minimum Gasteiger partial charge on any atom is -0.465 e. The third-order valence-corrected chi connectivity index (χ3v) is 5.67. The van der Waals surface area contributed by atoms with Gasteiger partial charge in [0.2, 0.25) is 11.8 Å². The SMILES string of the molecule is O=C(O)NC1Cc2cccc(N3CCCC3=O)c2N(Cc2ccsc2)C1=O. The van der Waals surface area contributed by atoms with Gasteiger partial charge in [-0.3, -0.25) is 9.59 Å². The summed E-state index contributed by atoms with van der Waals surface area (Å²) in [6.07, 6.45) is 0.351. The Balaban J connectivity index is 1.79. The average Bonchev–Trinajstić information content (AvgIpc) is 3.29. The van der Waals surface area contributed by atoms with Gasteiger partial charge in [-0.15, -0.1) is 0 Å². The second kappa shape index (κ2) is 7.03. The van der Waals surface area contributed by atoms with E-state index in [-0.39, 0.29) is 18.2 Å². The summed E-state index contributed by atoms with van der Waals surface area (Å²) >= 11 is 1.54. The summed E-state index contributed by atoms with van der Waals surface area (Å²) in [7, 11) is 0. The molecule has 7 nitrogen and oxygen atoms in total. The van der Waals surface area contributed by atoms with Crippen molar-refractivity contribution < 1.29 is 19.5 Å². The molecule has 4 rings (SSSR count). The lowest BCUT2D eigenvalue weighted by Crippen LogP contribution is -2.52. The summed E-state index contributed by atoms with van der Waals surface area (Å²) in [6.45, 7) is 0.971. The molecule has 3 heterocycles. The van der Waals surface area contributed by atoms with Crippen molar-refractivity contribution in [3.8, 4) is 0 Å². The number of rotatable bonds is 4. The van der Waals surface area contributed by atoms with E-state index < -0.39 is 12.1 Å². The molecule has 2 aliphatic heterocycles. The molecule has 1 atom stereocenters. The van der Waals surface area contributed by atoms with Crippen LogP contribution in [-0.4, -0.2) is 35.6 Å². The highest BCUT2D eigenvalue weighted by atomic mass is 32.1. The smallest absolute Gasteiger partial charge is 0.405 e. The van der Waals surface area contributed by atoms with Crippen molar-refractivity contribution in [3.05, 3.63) is 46.2 Å². The summed E-state index contributed by atoms with van der Waals surface area (Å²) < 4.78 is 0. The van der Waals surface area contributed by atoms with Crippen molar-refractivity contribution in [2.75, 3.05) is 16.3 Å². The number of fused-ring (bicyclic) bond motifs is 1. The Kier molecular flexibility index (Phi) is 4.57. The number of nitrogens with one attached hydrogen (secondary N) is 1. The largest absolute Gasteiger partial charge is 0.465 e. The van der Waals surface area contributed by atoms with Gasteiger partial charge in [-0.05, 0) is 40.4 Å². The maximum absolute atomic E-state index is 13.1. The van der Waals surface area contributed by atoms with Crippen molar-refractivity contribution >= 4 is 40.6 Å². The van der Waals surface area contributed by atoms with Crippen LogP contribution in [0.4, 0.5) is 16.2 Å². The van der Waals surface area contributed by atoms with Gasteiger partial charge in [0.05, 0.1) is 17.9 Å². The molecule has 1 unspecified atom stereocenters. The summed E-state index contributed by atoms with van der Waals surface area (Å²) in [5.74, 6) is -0.243. The number of hydrogen-bond donors (Lipinski definition) is 2. The molecule has 2 aliphatic rings. The van der Waals surface area contributed by atoms with Crippen molar-refractivity contribution in [3.63, 3.8) is 0 Å². The maximum Gasteiger partial charge on any atom is 0.405 e. The normalized spacial score (nSPS) is 19.3. The van der Waals surface area contributed by atoms with E-state index >= 15 is 0 Å². The first kappa shape index (κ1) is 17.5. The summed E-state index contributed by atoms with van der Waals surface area (Å²) in [5.41, 5.74) is 3.28. The van der Waals surface area contributed by atoms with Crippen molar-refractivity contribution in [1.82, 2.24) is 5.32 Å². The number of anilines is 2. The predicted octanol–water partition coefficient (Wildman–Crippen LogP) is 2.60. The summed E-state index contributed by atoms with van der Waals surface area (Å²) in [4.78, 5) is 39.9. The van der Waals surface area contributed by atoms with E-state index in [1.807, 2.05) is 35.0 Å². The van der Waals surface area contributed by atoms with Crippen LogP contribution in [0.2, 0.25) is 0 Å². The molecule has 0 saturated carbocycles. The Morgan fingerprint density at radius 3 is 2.81 bits per heavy atom. The zero-order chi connectivity index (χ0) is 19.0. The number of benzene rings is 1. The molecule has 140 valence electrons. The maximum atomic E-state index is 13.1. The first-order valence-electron chi connectivity index (χ1n) is 8.79. The van der Waals surface area contributed by atoms with E-state index in [1.165, 1.54) is 11.3 Å². The summed E-state index contributed by atoms with van der Waals surface area (Å²) in [6, 6.07) is 6.72. The highest BCUT2D eigenvalue weighted by Gasteiger charge is 2.37. The fourth-order valence-electron chi connectivity index (χ4n) is 3.76. The number of thiophene rings is 1. The molecule has 2 N–H and O–H groups in total. The average molecular weight is 385 g/mol. The molecule has 1 aromatic heterocycles. The fraction of sp³-hybridized carbons (Fsp3) is 0.316. The van der Waals surface area contributed by atoms with Crippen LogP contribution in [0.15, 0.2) is 35.0 Å². The monoisotopic (exact) mass is 385 g/mol. The van der Waals surface area contributed by atoms with Crippen LogP contribution < -0.4 is 15.1 Å². The predicted molar refractivity (Wildman–Crippen MR) is 102 cm³/mol. The molecule has 0 spiro atoms. The van der Waals surface area contributed by atoms with E-state index in [0.29, 0.717) is 25.2 Å². The van der Waals surface area contributed by atoms with Gasteiger partial charge in [-0.25, -0.2) is 4.79 Å². The van der Waals surface area contributed by atoms with Crippen LogP contribution in [0, 0.1) is 0 Å². The molecule has 8 heteroatoms. The standard InChI is InChI=1S/C19H19N3O4S/c23-16-5-2-7-21(16)15-4-1-3-13-9-14(20-19(25)26)18(24)22(17(13)15)10-12-6-8-27-11-12/h1,3-4,6,8,11,14,20H,2,5,7,9-10H2,(H,25,26). The lowest BCUT2D eigenvalue weighted by molar-refractivity contribution is -0.121. The molecule has 27 heavy (non-hydrogen) atoms. The van der Waals surface area contributed by atoms with E-state index in [0.717, 1.165) is 23.2 Å². The van der Waals surface area contributed by atoms with Gasteiger partial charge in [-0.1, -0.05) is 12.1 Å². The zero-order valence-electron chi connectivity index (χ0n) is 14.6. The van der Waals surface area contributed by atoms with Gasteiger partial charge in [0.25, 0.3) is 0 Å². The highest BCUT2D eigenvalue weighted by Crippen LogP contribution is 2.40. The van der Waals surface area contributed by atoms with E-state index in [1.54, 1.807) is 9.80 Å². The molecular weight excluding hydrogens is 366 g/mol. The Labute approximate surface area is 160 Å². The zero-order valence-corrected chi connectivity index (χ0v) is 15.4. The number of carbonyl (C=O) groups is 3. The van der Waals surface area contributed by atoms with Crippen LogP contribution in [0.25, 0.3) is 0 Å². The number of nitrogens with zero attached hydrogens (tertiary/aromatic N) is 2. The summed E-state index contributed by atoms with van der Waals surface area (Å²) in [5, 5.41) is 15.3. The Morgan fingerprint density at radius 1 is 1.30 bits per heavy atom. The molecule has 0 bridgehead atoms. The molecule has 1 aromatic carbocycles. The second-order valence-electron chi connectivity index (χ2n) is 6.70. The molecule has 0 aliphatic carbocycles. The number of para-hydroxylation sites is 1. The third-order valence-electron chi connectivity index (χ3n) is 4.94.